The van der Waals surface area contributed by atoms with Gasteiger partial charge in [-0.25, -0.2) is 4.79 Å². The standard InChI is InChI=1S/C27H23F3N4O3S/c28-27(29,30)25-32-31-24(37-25)22-8-6-19(7-9-22)18-34(26(35)33-14-16-38(36)17-15-33)23-12-10-21(11-13-23)20-4-2-1-3-5-20/h1-13H,14-18H2. The molecule has 196 valence electrons. The monoisotopic (exact) mass is 540 g/mol. The summed E-state index contributed by atoms with van der Waals surface area (Å²) in [6.07, 6.45) is -4.72. The first-order valence-corrected chi connectivity index (χ1v) is 13.3. The summed E-state index contributed by atoms with van der Waals surface area (Å²) in [5, 5.41) is 6.55. The summed E-state index contributed by atoms with van der Waals surface area (Å²) < 4.78 is 55.0. The van der Waals surface area contributed by atoms with Gasteiger partial charge in [0, 0.05) is 11.3 Å². The largest absolute Gasteiger partial charge is 0.616 e. The van der Waals surface area contributed by atoms with Gasteiger partial charge in [-0.3, -0.25) is 4.90 Å². The Bertz CT molecular complexity index is 1370. The number of urea groups is 1. The van der Waals surface area contributed by atoms with Gasteiger partial charge in [-0.15, -0.1) is 10.2 Å². The van der Waals surface area contributed by atoms with Gasteiger partial charge >= 0.3 is 18.1 Å². The van der Waals surface area contributed by atoms with Crippen LogP contribution in [0.15, 0.2) is 83.3 Å². The number of nitrogens with zero attached hydrogens (tertiary/aromatic N) is 4. The zero-order valence-corrected chi connectivity index (χ0v) is 20.9. The maximum absolute atomic E-state index is 13.6. The predicted molar refractivity (Wildman–Crippen MR) is 138 cm³/mol. The Labute approximate surface area is 220 Å². The van der Waals surface area contributed by atoms with Gasteiger partial charge in [0.2, 0.25) is 5.89 Å². The molecule has 1 aromatic heterocycles. The molecule has 3 aromatic carbocycles. The summed E-state index contributed by atoms with van der Waals surface area (Å²) in [6, 6.07) is 23.9. The Kier molecular flexibility index (Phi) is 7.39. The maximum Gasteiger partial charge on any atom is 0.470 e. The number of alkyl halides is 3. The van der Waals surface area contributed by atoms with Crippen LogP contribution in [0.1, 0.15) is 11.5 Å². The Hall–Kier alpha value is -3.83. The highest BCUT2D eigenvalue weighted by Gasteiger charge is 2.38. The second-order valence-corrected chi connectivity index (χ2v) is 10.4. The normalized spacial score (nSPS) is 14.5. The van der Waals surface area contributed by atoms with Crippen molar-refractivity contribution in [2.24, 2.45) is 0 Å². The quantitative estimate of drug-likeness (QED) is 0.307. The number of anilines is 1. The van der Waals surface area contributed by atoms with Crippen LogP contribution in [0.2, 0.25) is 0 Å². The van der Waals surface area contributed by atoms with Crippen molar-refractivity contribution < 1.29 is 26.9 Å². The SMILES string of the molecule is O=C(N1CC[S+]([O-])CC1)N(Cc1ccc(-c2nnc(C(F)(F)F)o2)cc1)c1ccc(-c2ccccc2)cc1. The van der Waals surface area contributed by atoms with Gasteiger partial charge in [-0.2, -0.15) is 13.2 Å². The number of carbonyl (C=O) groups is 1. The first kappa shape index (κ1) is 25.8. The molecule has 0 spiro atoms. The molecule has 4 aromatic rings. The molecule has 0 aliphatic carbocycles. The van der Waals surface area contributed by atoms with Gasteiger partial charge in [0.15, 0.2) is 0 Å². The summed E-state index contributed by atoms with van der Waals surface area (Å²) in [5.74, 6) is -0.777. The molecule has 0 radical (unpaired) electrons. The van der Waals surface area contributed by atoms with Crippen molar-refractivity contribution in [3.05, 3.63) is 90.3 Å². The number of halogens is 3. The molecule has 38 heavy (non-hydrogen) atoms. The number of hydrogen-bond acceptors (Lipinski definition) is 5. The van der Waals surface area contributed by atoms with E-state index in [1.54, 1.807) is 34.1 Å². The predicted octanol–water partition coefficient (Wildman–Crippen LogP) is 5.61. The van der Waals surface area contributed by atoms with Crippen molar-refractivity contribution in [3.63, 3.8) is 0 Å². The smallest absolute Gasteiger partial charge is 0.470 e. The van der Waals surface area contributed by atoms with Gasteiger partial charge < -0.3 is 13.9 Å². The van der Waals surface area contributed by atoms with Crippen LogP contribution < -0.4 is 4.90 Å². The molecule has 0 saturated carbocycles. The third kappa shape index (κ3) is 5.84. The molecule has 1 aliphatic heterocycles. The van der Waals surface area contributed by atoms with Crippen LogP contribution in [0.5, 0.6) is 0 Å². The van der Waals surface area contributed by atoms with Crippen molar-refractivity contribution >= 4 is 22.9 Å². The van der Waals surface area contributed by atoms with Gasteiger partial charge in [-0.05, 0) is 41.0 Å². The average Bonchev–Trinajstić information content (AvgIpc) is 3.44. The highest BCUT2D eigenvalue weighted by molar-refractivity contribution is 7.91. The van der Waals surface area contributed by atoms with E-state index in [-0.39, 0.29) is 18.5 Å². The summed E-state index contributed by atoms with van der Waals surface area (Å²) >= 11 is -0.925. The average molecular weight is 541 g/mol. The third-order valence-corrected chi connectivity index (χ3v) is 7.45. The summed E-state index contributed by atoms with van der Waals surface area (Å²) in [7, 11) is 0. The molecule has 0 bridgehead atoms. The van der Waals surface area contributed by atoms with E-state index in [4.69, 9.17) is 4.42 Å². The molecule has 1 aliphatic rings. The van der Waals surface area contributed by atoms with E-state index >= 15 is 0 Å². The molecule has 11 heteroatoms. The minimum atomic E-state index is -4.72. The second-order valence-electron chi connectivity index (χ2n) is 8.72. The van der Waals surface area contributed by atoms with Crippen molar-refractivity contribution in [1.29, 1.82) is 0 Å². The lowest BCUT2D eigenvalue weighted by atomic mass is 10.1. The van der Waals surface area contributed by atoms with E-state index in [1.807, 2.05) is 54.6 Å². The van der Waals surface area contributed by atoms with Crippen molar-refractivity contribution in [3.8, 4) is 22.6 Å². The molecule has 5 rings (SSSR count). The number of aromatic nitrogens is 2. The molecule has 1 fully saturated rings. The molecule has 7 nitrogen and oxygen atoms in total. The van der Waals surface area contributed by atoms with E-state index in [0.717, 1.165) is 16.7 Å². The highest BCUT2D eigenvalue weighted by Crippen LogP contribution is 2.31. The van der Waals surface area contributed by atoms with Crippen LogP contribution in [-0.4, -0.2) is 50.3 Å². The molecule has 0 N–H and O–H groups in total. The van der Waals surface area contributed by atoms with E-state index in [2.05, 4.69) is 10.2 Å². The van der Waals surface area contributed by atoms with E-state index in [9.17, 15) is 22.5 Å². The number of amides is 2. The van der Waals surface area contributed by atoms with E-state index in [1.165, 1.54) is 0 Å². The fraction of sp³-hybridized carbons (Fsp3) is 0.222. The van der Waals surface area contributed by atoms with Crippen molar-refractivity contribution in [2.75, 3.05) is 29.5 Å². The van der Waals surface area contributed by atoms with Gasteiger partial charge in [-0.1, -0.05) is 65.8 Å². The molecule has 0 unspecified atom stereocenters. The number of carbonyl (C=O) groups excluding carboxylic acids is 1. The van der Waals surface area contributed by atoms with Gasteiger partial charge in [0.05, 0.1) is 19.6 Å². The van der Waals surface area contributed by atoms with Crippen LogP contribution in [-0.2, 0) is 23.9 Å². The Balaban J connectivity index is 1.39. The van der Waals surface area contributed by atoms with Gasteiger partial charge in [0.1, 0.15) is 11.5 Å². The fourth-order valence-electron chi connectivity index (χ4n) is 4.12. The number of rotatable bonds is 5. The minimum absolute atomic E-state index is 0.204. The van der Waals surface area contributed by atoms with Crippen LogP contribution in [0.4, 0.5) is 23.7 Å². The first-order chi connectivity index (χ1) is 18.3. The number of hydrogen-bond donors (Lipinski definition) is 0. The molecular weight excluding hydrogens is 517 g/mol. The molecule has 0 atom stereocenters. The van der Waals surface area contributed by atoms with Crippen LogP contribution >= 0.6 is 0 Å². The third-order valence-electron chi connectivity index (χ3n) is 6.17. The Morgan fingerprint density at radius 3 is 2.11 bits per heavy atom. The van der Waals surface area contributed by atoms with Gasteiger partial charge in [0.25, 0.3) is 0 Å². The topological polar surface area (TPSA) is 85.5 Å². The molecule has 2 heterocycles. The van der Waals surface area contributed by atoms with E-state index < -0.39 is 23.2 Å². The summed E-state index contributed by atoms with van der Waals surface area (Å²) in [5.41, 5.74) is 3.85. The molecule has 2 amide bonds. The molecular formula is C27H23F3N4O3S. The number of benzene rings is 3. The highest BCUT2D eigenvalue weighted by atomic mass is 32.2. The summed E-state index contributed by atoms with van der Waals surface area (Å²) in [4.78, 5) is 16.9. The Morgan fingerprint density at radius 2 is 1.50 bits per heavy atom. The van der Waals surface area contributed by atoms with Crippen molar-refractivity contribution in [2.45, 2.75) is 12.7 Å². The summed E-state index contributed by atoms with van der Waals surface area (Å²) in [6.45, 7) is 1.03. The minimum Gasteiger partial charge on any atom is -0.616 e. The van der Waals surface area contributed by atoms with Crippen LogP contribution in [0, 0.1) is 0 Å². The lowest BCUT2D eigenvalue weighted by Gasteiger charge is -2.33. The first-order valence-electron chi connectivity index (χ1n) is 11.8. The lowest BCUT2D eigenvalue weighted by Crippen LogP contribution is -2.49. The zero-order chi connectivity index (χ0) is 26.7. The zero-order valence-electron chi connectivity index (χ0n) is 20.1. The fourth-order valence-corrected chi connectivity index (χ4v) is 5.18. The Morgan fingerprint density at radius 1 is 0.895 bits per heavy atom. The second kappa shape index (κ2) is 10.9. The van der Waals surface area contributed by atoms with Crippen LogP contribution in [0.25, 0.3) is 22.6 Å². The van der Waals surface area contributed by atoms with Crippen molar-refractivity contribution in [1.82, 2.24) is 15.1 Å². The van der Waals surface area contributed by atoms with Crippen LogP contribution in [0.3, 0.4) is 0 Å². The lowest BCUT2D eigenvalue weighted by molar-refractivity contribution is -0.156. The maximum atomic E-state index is 13.6. The molecule has 1 saturated heterocycles. The van der Waals surface area contributed by atoms with E-state index in [0.29, 0.717) is 35.8 Å².